The lowest BCUT2D eigenvalue weighted by atomic mass is 10.0. The number of halogens is 1. The van der Waals surface area contributed by atoms with Crippen molar-refractivity contribution in [2.75, 3.05) is 58.3 Å². The van der Waals surface area contributed by atoms with Crippen molar-refractivity contribution in [3.63, 3.8) is 0 Å². The lowest BCUT2D eigenvalue weighted by Crippen LogP contribution is -2.36. The Hall–Kier alpha value is -3.17. The lowest BCUT2D eigenvalue weighted by molar-refractivity contribution is -0.0333. The van der Waals surface area contributed by atoms with E-state index in [1.807, 2.05) is 12.1 Å². The van der Waals surface area contributed by atoms with Crippen LogP contribution in [0, 0.1) is 0 Å². The maximum absolute atomic E-state index is 12.5. The summed E-state index contributed by atoms with van der Waals surface area (Å²) < 4.78 is 21.4. The molecule has 1 fully saturated rings. The minimum Gasteiger partial charge on any atom is -0.492 e. The van der Waals surface area contributed by atoms with Crippen molar-refractivity contribution < 1.29 is 23.7 Å². The molecule has 2 aliphatic rings. The van der Waals surface area contributed by atoms with Gasteiger partial charge in [0.2, 0.25) is 5.91 Å². The number of carbonyl (C=O) groups excluding carboxylic acids is 1. The number of amides is 1. The number of methoxy groups -OCH3 is 1. The van der Waals surface area contributed by atoms with Gasteiger partial charge in [-0.2, -0.15) is 0 Å². The SMILES string of the molecule is COCOCCCOc1ccc(-c2cc(C(N)=O)c3c(n2)-c2ccc(N4CCOCC4)cc2C3)cc1Cl. The topological polar surface area (TPSA) is 96.1 Å². The number of primary amides is 1. The van der Waals surface area contributed by atoms with E-state index in [2.05, 4.69) is 23.1 Å². The zero-order chi connectivity index (χ0) is 25.8. The van der Waals surface area contributed by atoms with Gasteiger partial charge in [0.15, 0.2) is 0 Å². The van der Waals surface area contributed by atoms with Gasteiger partial charge < -0.3 is 29.6 Å². The first-order chi connectivity index (χ1) is 18.0. The third-order valence-corrected chi connectivity index (χ3v) is 6.89. The van der Waals surface area contributed by atoms with Gasteiger partial charge in [-0.05, 0) is 47.5 Å². The van der Waals surface area contributed by atoms with Crippen molar-refractivity contribution >= 4 is 23.2 Å². The molecule has 5 rings (SSSR count). The normalized spacial score (nSPS) is 14.4. The van der Waals surface area contributed by atoms with Gasteiger partial charge in [-0.15, -0.1) is 0 Å². The molecular weight excluding hydrogens is 494 g/mol. The van der Waals surface area contributed by atoms with Crippen LogP contribution in [-0.4, -0.2) is 64.3 Å². The van der Waals surface area contributed by atoms with E-state index in [0.717, 1.165) is 59.9 Å². The predicted octanol–water partition coefficient (Wildman–Crippen LogP) is 4.30. The molecule has 0 spiro atoms. The second-order valence-corrected chi connectivity index (χ2v) is 9.43. The minimum absolute atomic E-state index is 0.260. The van der Waals surface area contributed by atoms with Gasteiger partial charge in [0.1, 0.15) is 12.5 Å². The van der Waals surface area contributed by atoms with Crippen molar-refractivity contribution in [2.24, 2.45) is 5.73 Å². The van der Waals surface area contributed by atoms with Crippen LogP contribution in [-0.2, 0) is 20.6 Å². The molecule has 1 aromatic heterocycles. The smallest absolute Gasteiger partial charge is 0.249 e. The fraction of sp³-hybridized carbons (Fsp3) is 0.357. The van der Waals surface area contributed by atoms with Gasteiger partial charge in [-0.1, -0.05) is 17.7 Å². The molecule has 0 bridgehead atoms. The molecule has 0 radical (unpaired) electrons. The number of anilines is 1. The second kappa shape index (κ2) is 11.5. The van der Waals surface area contributed by atoms with E-state index in [0.29, 0.717) is 48.1 Å². The monoisotopic (exact) mass is 523 g/mol. The molecule has 2 aromatic carbocycles. The average molecular weight is 524 g/mol. The zero-order valence-electron chi connectivity index (χ0n) is 20.8. The minimum atomic E-state index is -0.470. The Labute approximate surface area is 221 Å². The van der Waals surface area contributed by atoms with Crippen molar-refractivity contribution in [3.8, 4) is 28.3 Å². The van der Waals surface area contributed by atoms with Crippen LogP contribution in [0.4, 0.5) is 5.69 Å². The maximum atomic E-state index is 12.5. The molecule has 0 saturated carbocycles. The summed E-state index contributed by atoms with van der Waals surface area (Å²) in [6.07, 6.45) is 1.33. The molecule has 37 heavy (non-hydrogen) atoms. The second-order valence-electron chi connectivity index (χ2n) is 9.03. The highest BCUT2D eigenvalue weighted by atomic mass is 35.5. The number of carbonyl (C=O) groups is 1. The summed E-state index contributed by atoms with van der Waals surface area (Å²) >= 11 is 6.52. The third kappa shape index (κ3) is 5.57. The summed E-state index contributed by atoms with van der Waals surface area (Å²) in [6, 6.07) is 13.7. The van der Waals surface area contributed by atoms with E-state index in [9.17, 15) is 4.79 Å². The zero-order valence-corrected chi connectivity index (χ0v) is 21.6. The van der Waals surface area contributed by atoms with E-state index < -0.39 is 5.91 Å². The van der Waals surface area contributed by atoms with E-state index in [1.54, 1.807) is 19.2 Å². The first-order valence-electron chi connectivity index (χ1n) is 12.3. The molecule has 2 N–H and O–H groups in total. The summed E-state index contributed by atoms with van der Waals surface area (Å²) in [4.78, 5) is 19.7. The van der Waals surface area contributed by atoms with E-state index in [1.165, 1.54) is 0 Å². The number of pyridine rings is 1. The Morgan fingerprint density at radius 3 is 2.73 bits per heavy atom. The number of benzene rings is 2. The van der Waals surface area contributed by atoms with Crippen LogP contribution in [0.5, 0.6) is 5.75 Å². The van der Waals surface area contributed by atoms with Crippen LogP contribution in [0.15, 0.2) is 42.5 Å². The van der Waals surface area contributed by atoms with Crippen molar-refractivity contribution in [2.45, 2.75) is 12.8 Å². The van der Waals surface area contributed by atoms with Gasteiger partial charge in [-0.25, -0.2) is 4.98 Å². The molecule has 1 saturated heterocycles. The highest BCUT2D eigenvalue weighted by molar-refractivity contribution is 6.32. The Balaban J connectivity index is 1.39. The summed E-state index contributed by atoms with van der Waals surface area (Å²) in [5.74, 6) is 0.109. The van der Waals surface area contributed by atoms with Gasteiger partial charge in [0.25, 0.3) is 0 Å². The largest absolute Gasteiger partial charge is 0.492 e. The number of nitrogens with two attached hydrogens (primary N) is 1. The van der Waals surface area contributed by atoms with Gasteiger partial charge in [0, 0.05) is 55.4 Å². The van der Waals surface area contributed by atoms with Crippen LogP contribution in [0.2, 0.25) is 5.02 Å². The molecule has 1 aliphatic carbocycles. The molecule has 194 valence electrons. The molecule has 1 aliphatic heterocycles. The Morgan fingerprint density at radius 2 is 1.97 bits per heavy atom. The van der Waals surface area contributed by atoms with Crippen molar-refractivity contribution in [3.05, 3.63) is 64.2 Å². The quantitative estimate of drug-likeness (QED) is 0.244. The van der Waals surface area contributed by atoms with E-state index >= 15 is 0 Å². The standard InChI is InChI=1S/C28H30ClN3O5/c1-34-17-36-9-2-10-37-26-6-3-18(15-24(26)29)25-16-23(28(30)33)22-14-19-13-20(32-7-11-35-12-8-32)4-5-21(19)27(22)31-25/h3-6,13,15-16H,2,7-12,14,17H2,1H3,(H2,30,33). The van der Waals surface area contributed by atoms with Crippen LogP contribution in [0.3, 0.4) is 0 Å². The van der Waals surface area contributed by atoms with Crippen LogP contribution >= 0.6 is 11.6 Å². The Morgan fingerprint density at radius 1 is 1.14 bits per heavy atom. The molecule has 9 heteroatoms. The number of morpholine rings is 1. The van der Waals surface area contributed by atoms with Gasteiger partial charge in [0.05, 0.1) is 42.8 Å². The predicted molar refractivity (Wildman–Crippen MR) is 142 cm³/mol. The number of nitrogens with zero attached hydrogens (tertiary/aromatic N) is 2. The van der Waals surface area contributed by atoms with Crippen LogP contribution in [0.25, 0.3) is 22.5 Å². The summed E-state index contributed by atoms with van der Waals surface area (Å²) in [5, 5.41) is 0.466. The number of aromatic nitrogens is 1. The highest BCUT2D eigenvalue weighted by Crippen LogP contribution is 2.41. The Bertz CT molecular complexity index is 1290. The summed E-state index contributed by atoms with van der Waals surface area (Å²) in [7, 11) is 1.58. The lowest BCUT2D eigenvalue weighted by Gasteiger charge is -2.29. The fourth-order valence-corrected chi connectivity index (χ4v) is 5.00. The number of ether oxygens (including phenoxy) is 4. The van der Waals surface area contributed by atoms with Crippen molar-refractivity contribution in [1.29, 1.82) is 0 Å². The van der Waals surface area contributed by atoms with Crippen LogP contribution < -0.4 is 15.4 Å². The molecule has 8 nitrogen and oxygen atoms in total. The molecule has 0 unspecified atom stereocenters. The van der Waals surface area contributed by atoms with E-state index in [-0.39, 0.29) is 6.79 Å². The average Bonchev–Trinajstić information content (AvgIpc) is 3.29. The van der Waals surface area contributed by atoms with E-state index in [4.69, 9.17) is 41.3 Å². The number of rotatable bonds is 10. The molecule has 3 aromatic rings. The maximum Gasteiger partial charge on any atom is 0.249 e. The molecule has 2 heterocycles. The van der Waals surface area contributed by atoms with Gasteiger partial charge in [-0.3, -0.25) is 4.79 Å². The fourth-order valence-electron chi connectivity index (χ4n) is 4.77. The Kier molecular flexibility index (Phi) is 7.90. The molecule has 0 atom stereocenters. The summed E-state index contributed by atoms with van der Waals surface area (Å²) in [5.41, 5.74) is 12.7. The molecule has 1 amide bonds. The van der Waals surface area contributed by atoms with Gasteiger partial charge >= 0.3 is 0 Å². The highest BCUT2D eigenvalue weighted by Gasteiger charge is 2.27. The first-order valence-corrected chi connectivity index (χ1v) is 12.7. The van der Waals surface area contributed by atoms with Crippen LogP contribution in [0.1, 0.15) is 27.9 Å². The molecular formula is C28H30ClN3O5. The first kappa shape index (κ1) is 25.5. The number of hydrogen-bond donors (Lipinski definition) is 1. The number of fused-ring (bicyclic) bond motifs is 3. The van der Waals surface area contributed by atoms with Crippen molar-refractivity contribution in [1.82, 2.24) is 4.98 Å². The third-order valence-electron chi connectivity index (χ3n) is 6.60. The summed E-state index contributed by atoms with van der Waals surface area (Å²) in [6.45, 7) is 4.44. The number of hydrogen-bond acceptors (Lipinski definition) is 7.